The van der Waals surface area contributed by atoms with Gasteiger partial charge >= 0.3 is 12.2 Å². The second-order valence-electron chi connectivity index (χ2n) is 10.5. The van der Waals surface area contributed by atoms with Crippen molar-refractivity contribution in [2.75, 3.05) is 0 Å². The first-order chi connectivity index (χ1) is 13.8. The van der Waals surface area contributed by atoms with Crippen molar-refractivity contribution in [3.63, 3.8) is 0 Å². The summed E-state index contributed by atoms with van der Waals surface area (Å²) in [5.74, 6) is 2.08. The Kier molecular flexibility index (Phi) is 5.31. The predicted molar refractivity (Wildman–Crippen MR) is 110 cm³/mol. The van der Waals surface area contributed by atoms with Crippen molar-refractivity contribution in [2.45, 2.75) is 84.7 Å². The van der Waals surface area contributed by atoms with Crippen molar-refractivity contribution >= 4 is 18.0 Å². The van der Waals surface area contributed by atoms with Gasteiger partial charge in [-0.3, -0.25) is 9.59 Å². The van der Waals surface area contributed by atoms with E-state index >= 15 is 0 Å². The molecule has 5 heteroatoms. The van der Waals surface area contributed by atoms with E-state index in [1.807, 2.05) is 0 Å². The van der Waals surface area contributed by atoms with Crippen LogP contribution in [0.4, 0.5) is 0 Å². The molecule has 7 atom stereocenters. The number of hydrogen-bond donors (Lipinski definition) is 0. The molecule has 0 aliphatic heterocycles. The van der Waals surface area contributed by atoms with Gasteiger partial charge < -0.3 is 10.3 Å². The van der Waals surface area contributed by atoms with Crippen LogP contribution in [-0.4, -0.2) is 28.9 Å². The molecule has 4 aliphatic rings. The van der Waals surface area contributed by atoms with Crippen LogP contribution < -0.4 is 0 Å². The number of rotatable bonds is 4. The van der Waals surface area contributed by atoms with Crippen LogP contribution >= 0.6 is 0 Å². The molecule has 0 heterocycles. The minimum absolute atomic E-state index is 0.0741. The third kappa shape index (κ3) is 3.42. The fraction of sp³-hybridized carbons (Fsp3) is 0.792. The lowest BCUT2D eigenvalue weighted by Crippen LogP contribution is -2.52. The standard InChI is InChI=1S/C24H34N2O3/c1-15(27)29-19-8-10-23(2)17(13-19)4-6-20-21-7-5-16(12-18(28)14-26-25)24(21,3)11-9-22(20)23/h7,14,16-17,19-20,22H,4-6,8-13H2,1-3H3/t16-,17-,19+,20+,22+,23+,24-/m0/s1. The van der Waals surface area contributed by atoms with Crippen molar-refractivity contribution in [1.29, 1.82) is 0 Å². The largest absolute Gasteiger partial charge is 0.463 e. The first kappa shape index (κ1) is 20.5. The number of allylic oxidation sites excluding steroid dienone is 2. The lowest BCUT2D eigenvalue weighted by atomic mass is 9.46. The van der Waals surface area contributed by atoms with E-state index in [-0.39, 0.29) is 23.3 Å². The minimum Gasteiger partial charge on any atom is -0.463 e. The number of carbonyl (C=O) groups is 2. The van der Waals surface area contributed by atoms with E-state index in [9.17, 15) is 9.59 Å². The second-order valence-corrected chi connectivity index (χ2v) is 10.5. The van der Waals surface area contributed by atoms with Crippen LogP contribution in [-0.2, 0) is 14.3 Å². The highest BCUT2D eigenvalue weighted by molar-refractivity contribution is 6.25. The van der Waals surface area contributed by atoms with Crippen molar-refractivity contribution in [2.24, 2.45) is 34.5 Å². The molecule has 0 amide bonds. The highest BCUT2D eigenvalue weighted by Crippen LogP contribution is 2.66. The smallest absolute Gasteiger partial charge is 0.323 e. The molecule has 0 aromatic carbocycles. The summed E-state index contributed by atoms with van der Waals surface area (Å²) in [4.78, 5) is 26.4. The molecule has 0 bridgehead atoms. The summed E-state index contributed by atoms with van der Waals surface area (Å²) in [6.07, 6.45) is 13.0. The zero-order valence-electron chi connectivity index (χ0n) is 18.0. The van der Waals surface area contributed by atoms with E-state index < -0.39 is 0 Å². The summed E-state index contributed by atoms with van der Waals surface area (Å²) in [7, 11) is 0. The van der Waals surface area contributed by atoms with Gasteiger partial charge in [0.25, 0.3) is 0 Å². The van der Waals surface area contributed by atoms with Crippen LogP contribution in [0.2, 0.25) is 0 Å². The Morgan fingerprint density at radius 2 is 2.03 bits per heavy atom. The molecule has 3 fully saturated rings. The number of nitrogens with zero attached hydrogens (tertiary/aromatic N) is 2. The van der Waals surface area contributed by atoms with E-state index in [0.29, 0.717) is 35.5 Å². The van der Waals surface area contributed by atoms with Gasteiger partial charge in [0.2, 0.25) is 5.78 Å². The Bertz CT molecular complexity index is 783. The molecule has 3 saturated carbocycles. The van der Waals surface area contributed by atoms with Crippen LogP contribution in [0.25, 0.3) is 5.53 Å². The summed E-state index contributed by atoms with van der Waals surface area (Å²) in [6, 6.07) is 0. The Labute approximate surface area is 173 Å². The average molecular weight is 399 g/mol. The van der Waals surface area contributed by atoms with E-state index in [1.165, 1.54) is 26.2 Å². The van der Waals surface area contributed by atoms with Gasteiger partial charge in [0.1, 0.15) is 6.10 Å². The van der Waals surface area contributed by atoms with Crippen LogP contribution in [0.1, 0.15) is 78.6 Å². The number of ketones is 1. The second kappa shape index (κ2) is 7.50. The molecule has 0 spiro atoms. The van der Waals surface area contributed by atoms with Crippen LogP contribution in [0.3, 0.4) is 0 Å². The van der Waals surface area contributed by atoms with Gasteiger partial charge in [0, 0.05) is 13.3 Å². The Morgan fingerprint density at radius 3 is 2.76 bits per heavy atom. The van der Waals surface area contributed by atoms with Crippen LogP contribution in [0.15, 0.2) is 11.6 Å². The van der Waals surface area contributed by atoms with Gasteiger partial charge in [-0.15, -0.1) is 0 Å². The van der Waals surface area contributed by atoms with Gasteiger partial charge in [-0.2, -0.15) is 4.79 Å². The monoisotopic (exact) mass is 398 g/mol. The van der Waals surface area contributed by atoms with Crippen molar-refractivity contribution in [3.8, 4) is 0 Å². The number of hydrogen-bond acceptors (Lipinski definition) is 3. The molecule has 0 saturated heterocycles. The first-order valence-corrected chi connectivity index (χ1v) is 11.4. The zero-order chi connectivity index (χ0) is 20.8. The molecule has 0 aromatic rings. The Morgan fingerprint density at radius 1 is 1.24 bits per heavy atom. The number of Topliss-reactive ketones (excluding diaryl/α,β-unsaturated/α-hetero) is 1. The van der Waals surface area contributed by atoms with Gasteiger partial charge in [0.15, 0.2) is 0 Å². The quantitative estimate of drug-likeness (QED) is 0.225. The fourth-order valence-electron chi connectivity index (χ4n) is 7.65. The molecular formula is C24H34N2O3. The SMILES string of the molecule is CC(=O)O[C@@H]1CC[C@]2(C)[C@@H](CC[C@@H]3C4=CC[C@@H](CC(=O)C=[N+]=[N-])[C@]4(C)CC[C@H]32)C1. The normalized spacial score (nSPS) is 43.1. The summed E-state index contributed by atoms with van der Waals surface area (Å²) >= 11 is 0. The molecule has 0 unspecified atom stereocenters. The highest BCUT2D eigenvalue weighted by Gasteiger charge is 2.57. The molecule has 0 aromatic heterocycles. The van der Waals surface area contributed by atoms with E-state index in [2.05, 4.69) is 24.7 Å². The van der Waals surface area contributed by atoms with Gasteiger partial charge in [0.05, 0.1) is 0 Å². The van der Waals surface area contributed by atoms with Crippen LogP contribution in [0.5, 0.6) is 0 Å². The maximum absolute atomic E-state index is 12.1. The summed E-state index contributed by atoms with van der Waals surface area (Å²) in [5.41, 5.74) is 10.7. The predicted octanol–water partition coefficient (Wildman–Crippen LogP) is 4.76. The summed E-state index contributed by atoms with van der Waals surface area (Å²) in [6.45, 7) is 6.38. The van der Waals surface area contributed by atoms with Gasteiger partial charge in [-0.25, -0.2) is 0 Å². The fourth-order valence-corrected chi connectivity index (χ4v) is 7.65. The van der Waals surface area contributed by atoms with Crippen molar-refractivity contribution in [1.82, 2.24) is 0 Å². The topological polar surface area (TPSA) is 79.8 Å². The van der Waals surface area contributed by atoms with E-state index in [1.54, 1.807) is 5.57 Å². The Hall–Kier alpha value is -1.74. The summed E-state index contributed by atoms with van der Waals surface area (Å²) in [5, 5.41) is 0. The highest BCUT2D eigenvalue weighted by atomic mass is 16.5. The van der Waals surface area contributed by atoms with E-state index in [0.717, 1.165) is 38.3 Å². The number of fused-ring (bicyclic) bond motifs is 5. The zero-order valence-corrected chi connectivity index (χ0v) is 18.0. The Balaban J connectivity index is 1.50. The number of ether oxygens (including phenoxy) is 1. The van der Waals surface area contributed by atoms with Gasteiger partial charge in [-0.05, 0) is 85.9 Å². The molecule has 158 valence electrons. The third-order valence-electron chi connectivity index (χ3n) is 9.18. The molecule has 4 aliphatic carbocycles. The van der Waals surface area contributed by atoms with Crippen LogP contribution in [0, 0.1) is 34.5 Å². The molecule has 4 rings (SSSR count). The van der Waals surface area contributed by atoms with Crippen molar-refractivity contribution < 1.29 is 19.1 Å². The number of esters is 1. The molecule has 0 radical (unpaired) electrons. The summed E-state index contributed by atoms with van der Waals surface area (Å²) < 4.78 is 5.57. The molecule has 5 nitrogen and oxygen atoms in total. The first-order valence-electron chi connectivity index (χ1n) is 11.4. The molecular weight excluding hydrogens is 364 g/mol. The van der Waals surface area contributed by atoms with Crippen molar-refractivity contribution in [3.05, 3.63) is 17.2 Å². The maximum Gasteiger partial charge on any atom is 0.323 e. The molecule has 0 N–H and O–H groups in total. The minimum atomic E-state index is -0.149. The average Bonchev–Trinajstić information content (AvgIpc) is 2.98. The van der Waals surface area contributed by atoms with E-state index in [4.69, 9.17) is 10.3 Å². The lowest BCUT2D eigenvalue weighted by molar-refractivity contribution is -0.155. The molecule has 29 heavy (non-hydrogen) atoms. The van der Waals surface area contributed by atoms with Gasteiger partial charge in [-0.1, -0.05) is 25.5 Å². The number of carbonyl (C=O) groups excluding carboxylic acids is 2. The third-order valence-corrected chi connectivity index (χ3v) is 9.18. The lowest BCUT2D eigenvalue weighted by Gasteiger charge is -2.59. The maximum atomic E-state index is 12.1.